The summed E-state index contributed by atoms with van der Waals surface area (Å²) in [5, 5.41) is 23.1. The number of aliphatic imine (C=N–C) groups is 1. The van der Waals surface area contributed by atoms with Crippen molar-refractivity contribution in [3.63, 3.8) is 0 Å². The summed E-state index contributed by atoms with van der Waals surface area (Å²) < 4.78 is 0. The number of hydrazine groups is 1. The van der Waals surface area contributed by atoms with E-state index in [0.29, 0.717) is 23.9 Å². The zero-order valence-electron chi connectivity index (χ0n) is 12.7. The topological polar surface area (TPSA) is 88.9 Å². The number of benzene rings is 2. The standard InChI is InChI=1S/C17H14N6O/c24-23-16-8-13(14-10-19-20-11-14)6-7-15(16)21-17(22-23)18-9-12-4-2-1-3-5-12/h1-8,10-11,24H,9H2,(H-2,18,19,20,21,22)/q-2. The van der Waals surface area contributed by atoms with Gasteiger partial charge in [0.15, 0.2) is 0 Å². The molecule has 1 aliphatic rings. The Morgan fingerprint density at radius 1 is 1.12 bits per heavy atom. The lowest BCUT2D eigenvalue weighted by molar-refractivity contribution is 0.234. The van der Waals surface area contributed by atoms with E-state index in [2.05, 4.69) is 25.9 Å². The first-order valence-electron chi connectivity index (χ1n) is 7.43. The third kappa shape index (κ3) is 2.80. The fraction of sp³-hybridized carbons (Fsp3) is 0.0588. The molecular weight excluding hydrogens is 304 g/mol. The van der Waals surface area contributed by atoms with Gasteiger partial charge >= 0.3 is 0 Å². The first-order chi connectivity index (χ1) is 11.8. The van der Waals surface area contributed by atoms with Gasteiger partial charge in [0.1, 0.15) is 0 Å². The van der Waals surface area contributed by atoms with Crippen molar-refractivity contribution in [3.05, 3.63) is 71.8 Å². The Kier molecular flexibility index (Phi) is 3.60. The minimum Gasteiger partial charge on any atom is -0.581 e. The Morgan fingerprint density at radius 3 is 2.79 bits per heavy atom. The van der Waals surface area contributed by atoms with Crippen molar-refractivity contribution in [2.24, 2.45) is 4.99 Å². The van der Waals surface area contributed by atoms with Crippen LogP contribution in [-0.4, -0.2) is 16.3 Å². The lowest BCUT2D eigenvalue weighted by Gasteiger charge is -2.34. The quantitative estimate of drug-likeness (QED) is 0.775. The molecule has 24 heavy (non-hydrogen) atoms. The maximum Gasteiger partial charge on any atom is 0.0847 e. The first kappa shape index (κ1) is 14.3. The van der Waals surface area contributed by atoms with Crippen molar-refractivity contribution in [2.75, 3.05) is 5.17 Å². The maximum absolute atomic E-state index is 10.2. The van der Waals surface area contributed by atoms with E-state index in [1.165, 1.54) is 0 Å². The highest BCUT2D eigenvalue weighted by atomic mass is 16.5. The van der Waals surface area contributed by atoms with Gasteiger partial charge in [-0.2, -0.15) is 6.20 Å². The van der Waals surface area contributed by atoms with E-state index in [9.17, 15) is 5.21 Å². The van der Waals surface area contributed by atoms with Crippen LogP contribution in [0.15, 0.2) is 65.9 Å². The molecule has 120 valence electrons. The van der Waals surface area contributed by atoms with Gasteiger partial charge in [-0.25, -0.2) is 5.17 Å². The zero-order valence-corrected chi connectivity index (χ0v) is 12.7. The summed E-state index contributed by atoms with van der Waals surface area (Å²) in [7, 11) is 0. The molecule has 0 atom stereocenters. The average molecular weight is 318 g/mol. The van der Waals surface area contributed by atoms with E-state index >= 15 is 0 Å². The molecule has 0 aliphatic carbocycles. The molecule has 1 aromatic heterocycles. The molecule has 0 bridgehead atoms. The molecule has 7 nitrogen and oxygen atoms in total. The normalized spacial score (nSPS) is 13.0. The lowest BCUT2D eigenvalue weighted by atomic mass is 10.1. The second kappa shape index (κ2) is 6.05. The Hall–Kier alpha value is -3.32. The predicted molar refractivity (Wildman–Crippen MR) is 91.0 cm³/mol. The molecule has 0 fully saturated rings. The number of hydrogen-bond donors (Lipinski definition) is 2. The van der Waals surface area contributed by atoms with Crippen LogP contribution in [0.4, 0.5) is 11.4 Å². The summed E-state index contributed by atoms with van der Waals surface area (Å²) in [6, 6.07) is 15.4. The third-order valence-corrected chi connectivity index (χ3v) is 3.68. The number of fused-ring (bicyclic) bond motifs is 1. The van der Waals surface area contributed by atoms with Crippen LogP contribution >= 0.6 is 0 Å². The number of guanidine groups is 1. The minimum atomic E-state index is 0.359. The van der Waals surface area contributed by atoms with Crippen LogP contribution < -0.4 is 15.7 Å². The largest absolute Gasteiger partial charge is 0.581 e. The van der Waals surface area contributed by atoms with E-state index in [1.807, 2.05) is 48.5 Å². The molecule has 0 spiro atoms. The van der Waals surface area contributed by atoms with Crippen molar-refractivity contribution in [1.82, 2.24) is 15.6 Å². The molecule has 0 saturated heterocycles. The summed E-state index contributed by atoms with van der Waals surface area (Å²) >= 11 is 0. The fourth-order valence-corrected chi connectivity index (χ4v) is 2.46. The Bertz CT molecular complexity index is 860. The Morgan fingerprint density at radius 2 is 2.00 bits per heavy atom. The molecule has 0 amide bonds. The lowest BCUT2D eigenvalue weighted by Crippen LogP contribution is -2.41. The molecule has 4 rings (SSSR count). The van der Waals surface area contributed by atoms with E-state index in [1.54, 1.807) is 12.4 Å². The van der Waals surface area contributed by atoms with Crippen LogP contribution in [0.1, 0.15) is 5.56 Å². The van der Waals surface area contributed by atoms with Crippen LogP contribution in [0.2, 0.25) is 0 Å². The third-order valence-electron chi connectivity index (χ3n) is 3.68. The van der Waals surface area contributed by atoms with Crippen molar-refractivity contribution < 1.29 is 5.21 Å². The Balaban J connectivity index is 1.56. The van der Waals surface area contributed by atoms with Gasteiger partial charge < -0.3 is 25.9 Å². The highest BCUT2D eigenvalue weighted by molar-refractivity contribution is 5.98. The van der Waals surface area contributed by atoms with Gasteiger partial charge in [0.2, 0.25) is 0 Å². The van der Waals surface area contributed by atoms with Crippen LogP contribution in [0.25, 0.3) is 16.4 Å². The number of aromatic nitrogens is 2. The first-order valence-corrected chi connectivity index (χ1v) is 7.43. The zero-order chi connectivity index (χ0) is 16.4. The van der Waals surface area contributed by atoms with Crippen molar-refractivity contribution in [1.29, 1.82) is 0 Å². The molecule has 2 heterocycles. The van der Waals surface area contributed by atoms with Crippen LogP contribution in [0, 0.1) is 0 Å². The van der Waals surface area contributed by atoms with Gasteiger partial charge in [0.25, 0.3) is 0 Å². The number of nitrogens with zero attached hydrogens (tertiary/aromatic N) is 5. The van der Waals surface area contributed by atoms with Crippen molar-refractivity contribution >= 4 is 17.3 Å². The summed E-state index contributed by atoms with van der Waals surface area (Å²) in [4.78, 5) is 4.44. The van der Waals surface area contributed by atoms with Gasteiger partial charge in [-0.1, -0.05) is 36.4 Å². The van der Waals surface area contributed by atoms with Gasteiger partial charge in [0.05, 0.1) is 5.69 Å². The molecule has 3 aromatic rings. The molecule has 7 heteroatoms. The van der Waals surface area contributed by atoms with E-state index in [0.717, 1.165) is 21.9 Å². The predicted octanol–water partition coefficient (Wildman–Crippen LogP) is 2.98. The summed E-state index contributed by atoms with van der Waals surface area (Å²) in [6.45, 7) is 0.485. The minimum absolute atomic E-state index is 0.359. The SMILES string of the molecule is ON1NC([N-]Cc2ccccc2)=Nc2ccc(-c3cn[n-]c3)cc21. The average Bonchev–Trinajstić information content (AvgIpc) is 3.15. The Labute approximate surface area is 138 Å². The highest BCUT2D eigenvalue weighted by Crippen LogP contribution is 2.34. The molecule has 0 saturated carbocycles. The molecule has 1 aliphatic heterocycles. The summed E-state index contributed by atoms with van der Waals surface area (Å²) in [6.07, 6.45) is 3.34. The second-order valence-electron chi connectivity index (χ2n) is 5.31. The van der Waals surface area contributed by atoms with Crippen molar-refractivity contribution in [3.8, 4) is 11.1 Å². The van der Waals surface area contributed by atoms with E-state index in [4.69, 9.17) is 0 Å². The number of nitrogens with one attached hydrogen (secondary N) is 1. The molecule has 2 aromatic carbocycles. The highest BCUT2D eigenvalue weighted by Gasteiger charge is 2.12. The van der Waals surface area contributed by atoms with Crippen LogP contribution in [-0.2, 0) is 6.54 Å². The fourth-order valence-electron chi connectivity index (χ4n) is 2.46. The van der Waals surface area contributed by atoms with Crippen LogP contribution in [0.3, 0.4) is 0 Å². The number of rotatable bonds is 3. The summed E-state index contributed by atoms with van der Waals surface area (Å²) in [5.74, 6) is 0.359. The van der Waals surface area contributed by atoms with Crippen LogP contribution in [0.5, 0.6) is 0 Å². The smallest absolute Gasteiger partial charge is 0.0847 e. The van der Waals surface area contributed by atoms with Gasteiger partial charge in [-0.3, -0.25) is 5.21 Å². The van der Waals surface area contributed by atoms with Gasteiger partial charge in [-0.05, 0) is 28.8 Å². The van der Waals surface area contributed by atoms with E-state index in [-0.39, 0.29) is 0 Å². The maximum atomic E-state index is 10.2. The monoisotopic (exact) mass is 318 g/mol. The van der Waals surface area contributed by atoms with Gasteiger partial charge in [0, 0.05) is 24.4 Å². The number of hydrogen-bond acceptors (Lipinski definition) is 5. The molecule has 2 N–H and O–H groups in total. The second-order valence-corrected chi connectivity index (χ2v) is 5.31. The molecular formula is C17H14N6O-2. The van der Waals surface area contributed by atoms with Crippen molar-refractivity contribution in [2.45, 2.75) is 6.54 Å². The van der Waals surface area contributed by atoms with E-state index < -0.39 is 0 Å². The molecule has 0 radical (unpaired) electrons. The molecule has 0 unspecified atom stereocenters. The van der Waals surface area contributed by atoms with Gasteiger partial charge in [-0.15, -0.1) is 0 Å². The number of anilines is 1. The summed E-state index contributed by atoms with van der Waals surface area (Å²) in [5.41, 5.74) is 6.80.